The summed E-state index contributed by atoms with van der Waals surface area (Å²) < 4.78 is 38.1. The molecule has 31 heavy (non-hydrogen) atoms. The summed E-state index contributed by atoms with van der Waals surface area (Å²) in [4.78, 5) is 12.7. The van der Waals surface area contributed by atoms with Crippen LogP contribution in [-0.2, 0) is 16.6 Å². The molecule has 160 valence electrons. The normalized spacial score (nSPS) is 12.5. The molecule has 1 amide bonds. The van der Waals surface area contributed by atoms with Crippen molar-refractivity contribution < 1.29 is 22.7 Å². The van der Waals surface area contributed by atoms with Crippen LogP contribution in [0.25, 0.3) is 0 Å². The summed E-state index contributed by atoms with van der Waals surface area (Å²) in [6, 6.07) is 18.7. The van der Waals surface area contributed by atoms with Crippen LogP contribution in [0.15, 0.2) is 71.6 Å². The molecule has 8 heteroatoms. The Balaban J connectivity index is 1.51. The number of sulfonamides is 1. The first-order chi connectivity index (χ1) is 14.9. The van der Waals surface area contributed by atoms with E-state index in [1.54, 1.807) is 36.4 Å². The number of hydrogen-bond donors (Lipinski definition) is 1. The molecule has 0 spiro atoms. The summed E-state index contributed by atoms with van der Waals surface area (Å²) in [5.74, 6) is 0.943. The quantitative estimate of drug-likeness (QED) is 0.637. The molecule has 0 aliphatic carbocycles. The Bertz CT molecular complexity index is 1240. The van der Waals surface area contributed by atoms with E-state index < -0.39 is 10.0 Å². The Labute approximate surface area is 181 Å². The maximum absolute atomic E-state index is 13.1. The highest BCUT2D eigenvalue weighted by Crippen LogP contribution is 2.32. The lowest BCUT2D eigenvalue weighted by atomic mass is 10.2. The van der Waals surface area contributed by atoms with E-state index in [2.05, 4.69) is 5.32 Å². The number of hydrogen-bond acceptors (Lipinski definition) is 5. The molecular weight excluding hydrogens is 416 g/mol. The summed E-state index contributed by atoms with van der Waals surface area (Å²) in [5.41, 5.74) is 2.53. The van der Waals surface area contributed by atoms with Gasteiger partial charge in [0.25, 0.3) is 15.9 Å². The van der Waals surface area contributed by atoms with E-state index in [0.29, 0.717) is 17.2 Å². The lowest BCUT2D eigenvalue weighted by Gasteiger charge is -2.21. The second-order valence-electron chi connectivity index (χ2n) is 7.16. The van der Waals surface area contributed by atoms with Gasteiger partial charge in [-0.3, -0.25) is 9.10 Å². The van der Waals surface area contributed by atoms with Gasteiger partial charge in [-0.1, -0.05) is 30.3 Å². The van der Waals surface area contributed by atoms with Gasteiger partial charge >= 0.3 is 0 Å². The molecule has 4 rings (SSSR count). The van der Waals surface area contributed by atoms with Crippen molar-refractivity contribution >= 4 is 21.6 Å². The van der Waals surface area contributed by atoms with Gasteiger partial charge in [0.1, 0.15) is 0 Å². The first-order valence-corrected chi connectivity index (χ1v) is 11.1. The maximum Gasteiger partial charge on any atom is 0.264 e. The number of nitrogens with zero attached hydrogens (tertiary/aromatic N) is 1. The van der Waals surface area contributed by atoms with Gasteiger partial charge in [0, 0.05) is 19.2 Å². The third-order valence-corrected chi connectivity index (χ3v) is 6.87. The molecule has 3 aromatic rings. The minimum Gasteiger partial charge on any atom is -0.454 e. The molecule has 0 bridgehead atoms. The van der Waals surface area contributed by atoms with E-state index in [9.17, 15) is 13.2 Å². The number of ether oxygens (including phenoxy) is 2. The zero-order valence-electron chi connectivity index (χ0n) is 17.2. The number of rotatable bonds is 6. The predicted molar refractivity (Wildman–Crippen MR) is 117 cm³/mol. The van der Waals surface area contributed by atoms with Crippen LogP contribution in [-0.4, -0.2) is 28.2 Å². The average molecular weight is 439 g/mol. The molecule has 0 fully saturated rings. The topological polar surface area (TPSA) is 84.9 Å². The third kappa shape index (κ3) is 4.20. The van der Waals surface area contributed by atoms with Crippen LogP contribution in [0.4, 0.5) is 5.69 Å². The van der Waals surface area contributed by atoms with Crippen LogP contribution in [0.1, 0.15) is 21.5 Å². The molecule has 1 heterocycles. The molecule has 1 aliphatic rings. The fraction of sp³-hybridized carbons (Fsp3) is 0.174. The van der Waals surface area contributed by atoms with Crippen LogP contribution in [0.3, 0.4) is 0 Å². The predicted octanol–water partition coefficient (Wildman–Crippen LogP) is 3.48. The van der Waals surface area contributed by atoms with Crippen LogP contribution in [0, 0.1) is 6.92 Å². The number of benzene rings is 3. The number of nitrogens with one attached hydrogen (secondary N) is 1. The second kappa shape index (κ2) is 8.31. The van der Waals surface area contributed by atoms with Gasteiger partial charge in [-0.2, -0.15) is 0 Å². The smallest absolute Gasteiger partial charge is 0.264 e. The molecule has 0 radical (unpaired) electrons. The first-order valence-electron chi connectivity index (χ1n) is 9.67. The van der Waals surface area contributed by atoms with Crippen molar-refractivity contribution in [3.8, 4) is 11.5 Å². The summed E-state index contributed by atoms with van der Waals surface area (Å²) in [5, 5.41) is 2.81. The SMILES string of the molecule is Cc1ccccc1N(C)S(=O)(=O)c1cccc(C(=O)NCc2ccc3c(c2)OCO3)c1. The third-order valence-electron chi connectivity index (χ3n) is 5.10. The van der Waals surface area contributed by atoms with Crippen molar-refractivity contribution in [2.45, 2.75) is 18.4 Å². The molecule has 0 atom stereocenters. The van der Waals surface area contributed by atoms with Crippen LogP contribution in [0.5, 0.6) is 11.5 Å². The van der Waals surface area contributed by atoms with Crippen molar-refractivity contribution in [2.75, 3.05) is 18.1 Å². The average Bonchev–Trinajstić information content (AvgIpc) is 3.25. The fourth-order valence-electron chi connectivity index (χ4n) is 3.34. The van der Waals surface area contributed by atoms with E-state index in [1.165, 1.54) is 23.5 Å². The minimum atomic E-state index is -3.82. The molecule has 0 unspecified atom stereocenters. The van der Waals surface area contributed by atoms with Crippen LogP contribution < -0.4 is 19.1 Å². The summed E-state index contributed by atoms with van der Waals surface area (Å²) in [6.07, 6.45) is 0. The van der Waals surface area contributed by atoms with Crippen LogP contribution >= 0.6 is 0 Å². The van der Waals surface area contributed by atoms with Crippen molar-refractivity contribution in [1.29, 1.82) is 0 Å². The Morgan fingerprint density at radius 1 is 1.00 bits per heavy atom. The fourth-order valence-corrected chi connectivity index (χ4v) is 4.64. The lowest BCUT2D eigenvalue weighted by Crippen LogP contribution is -2.28. The van der Waals surface area contributed by atoms with E-state index in [0.717, 1.165) is 11.1 Å². The highest BCUT2D eigenvalue weighted by molar-refractivity contribution is 7.92. The van der Waals surface area contributed by atoms with Gasteiger partial charge < -0.3 is 14.8 Å². The van der Waals surface area contributed by atoms with E-state index >= 15 is 0 Å². The summed E-state index contributed by atoms with van der Waals surface area (Å²) >= 11 is 0. The van der Waals surface area contributed by atoms with Gasteiger partial charge in [0.05, 0.1) is 10.6 Å². The Hall–Kier alpha value is -3.52. The van der Waals surface area contributed by atoms with E-state index in [-0.39, 0.29) is 29.7 Å². The van der Waals surface area contributed by atoms with Gasteiger partial charge in [-0.15, -0.1) is 0 Å². The Kier molecular flexibility index (Phi) is 5.56. The second-order valence-corrected chi connectivity index (χ2v) is 9.13. The lowest BCUT2D eigenvalue weighted by molar-refractivity contribution is 0.0950. The highest BCUT2D eigenvalue weighted by atomic mass is 32.2. The number of carbonyl (C=O) groups is 1. The molecule has 0 saturated carbocycles. The van der Waals surface area contributed by atoms with E-state index in [1.807, 2.05) is 25.1 Å². The number of carbonyl (C=O) groups excluding carboxylic acids is 1. The number of amides is 1. The molecule has 3 aromatic carbocycles. The van der Waals surface area contributed by atoms with Gasteiger partial charge in [0.15, 0.2) is 11.5 Å². The zero-order chi connectivity index (χ0) is 22.0. The highest BCUT2D eigenvalue weighted by Gasteiger charge is 2.23. The number of para-hydroxylation sites is 1. The van der Waals surface area contributed by atoms with Crippen molar-refractivity contribution in [2.24, 2.45) is 0 Å². The summed E-state index contributed by atoms with van der Waals surface area (Å²) in [7, 11) is -2.32. The van der Waals surface area contributed by atoms with Gasteiger partial charge in [0.2, 0.25) is 6.79 Å². The van der Waals surface area contributed by atoms with Crippen molar-refractivity contribution in [1.82, 2.24) is 5.32 Å². The Morgan fingerprint density at radius 2 is 1.77 bits per heavy atom. The largest absolute Gasteiger partial charge is 0.454 e. The maximum atomic E-state index is 13.1. The monoisotopic (exact) mass is 438 g/mol. The first kappa shape index (κ1) is 20.7. The zero-order valence-corrected chi connectivity index (χ0v) is 18.0. The molecule has 7 nitrogen and oxygen atoms in total. The van der Waals surface area contributed by atoms with Crippen LogP contribution in [0.2, 0.25) is 0 Å². The van der Waals surface area contributed by atoms with Crippen molar-refractivity contribution in [3.63, 3.8) is 0 Å². The molecule has 0 aromatic heterocycles. The van der Waals surface area contributed by atoms with E-state index in [4.69, 9.17) is 9.47 Å². The van der Waals surface area contributed by atoms with Gasteiger partial charge in [-0.05, 0) is 54.4 Å². The number of fused-ring (bicyclic) bond motifs is 1. The molecule has 1 N–H and O–H groups in total. The van der Waals surface area contributed by atoms with Crippen molar-refractivity contribution in [3.05, 3.63) is 83.4 Å². The summed E-state index contributed by atoms with van der Waals surface area (Å²) in [6.45, 7) is 2.31. The number of aryl methyl sites for hydroxylation is 1. The molecular formula is C23H22N2O5S. The Morgan fingerprint density at radius 3 is 2.58 bits per heavy atom. The minimum absolute atomic E-state index is 0.0500. The van der Waals surface area contributed by atoms with Gasteiger partial charge in [-0.25, -0.2) is 8.42 Å². The number of anilines is 1. The molecule has 1 aliphatic heterocycles. The molecule has 0 saturated heterocycles. The standard InChI is InChI=1S/C23H22N2O5S/c1-16-6-3-4-9-20(16)25(2)31(27,28)19-8-5-7-18(13-19)23(26)24-14-17-10-11-21-22(12-17)30-15-29-21/h3-13H,14-15H2,1-2H3,(H,24,26).